The molecule has 1 aromatic rings. The molecule has 0 spiro atoms. The van der Waals surface area contributed by atoms with Crippen molar-refractivity contribution in [3.8, 4) is 5.75 Å². The number of fused-ring (bicyclic) bond motifs is 2. The van der Waals surface area contributed by atoms with E-state index in [1.165, 1.54) is 19.3 Å². The molecule has 0 amide bonds. The van der Waals surface area contributed by atoms with Crippen LogP contribution in [0.4, 0.5) is 5.69 Å². The highest BCUT2D eigenvalue weighted by Gasteiger charge is 2.72. The molecule has 3 saturated carbocycles. The van der Waals surface area contributed by atoms with Gasteiger partial charge in [-0.05, 0) is 55.3 Å². The van der Waals surface area contributed by atoms with Gasteiger partial charge in [0.05, 0.1) is 0 Å². The predicted octanol–water partition coefficient (Wildman–Crippen LogP) is 5.07. The van der Waals surface area contributed by atoms with E-state index in [0.717, 1.165) is 23.3 Å². The van der Waals surface area contributed by atoms with E-state index in [9.17, 15) is 0 Å². The highest BCUT2D eigenvalue weighted by molar-refractivity contribution is 6.75. The van der Waals surface area contributed by atoms with Crippen LogP contribution in [-0.4, -0.2) is 8.32 Å². The third kappa shape index (κ3) is 1.89. The van der Waals surface area contributed by atoms with Crippen molar-refractivity contribution in [3.63, 3.8) is 0 Å². The van der Waals surface area contributed by atoms with Crippen LogP contribution >= 0.6 is 0 Å². The van der Waals surface area contributed by atoms with Crippen molar-refractivity contribution in [3.05, 3.63) is 24.3 Å². The standard InChI is InChI=1S/C18H29NOSi/c1-13-9-10-14-12-18(13,17(14,2)3)21(4,5)20-16-8-6-7-15(19)11-16/h6-8,11,13-14H,9-10,12,19H2,1-5H3. The Morgan fingerprint density at radius 2 is 1.95 bits per heavy atom. The van der Waals surface area contributed by atoms with Gasteiger partial charge in [-0.15, -0.1) is 0 Å². The molecule has 3 atom stereocenters. The Balaban J connectivity index is 1.93. The molecule has 3 fully saturated rings. The van der Waals surface area contributed by atoms with Crippen molar-refractivity contribution < 1.29 is 4.43 Å². The van der Waals surface area contributed by atoms with Gasteiger partial charge < -0.3 is 10.2 Å². The average Bonchev–Trinajstić information content (AvgIpc) is 2.37. The second-order valence-corrected chi connectivity index (χ2v) is 12.4. The van der Waals surface area contributed by atoms with Crippen LogP contribution in [0.25, 0.3) is 0 Å². The Morgan fingerprint density at radius 3 is 2.52 bits per heavy atom. The van der Waals surface area contributed by atoms with Crippen molar-refractivity contribution in [1.29, 1.82) is 0 Å². The summed E-state index contributed by atoms with van der Waals surface area (Å²) in [5.74, 6) is 2.61. The first-order chi connectivity index (χ1) is 9.71. The quantitative estimate of drug-likeness (QED) is 0.625. The summed E-state index contributed by atoms with van der Waals surface area (Å²) in [4.78, 5) is 0. The molecule has 1 aromatic carbocycles. The fourth-order valence-corrected chi connectivity index (χ4v) is 10.4. The molecule has 0 heterocycles. The molecule has 116 valence electrons. The van der Waals surface area contributed by atoms with Crippen LogP contribution in [0.3, 0.4) is 0 Å². The molecular formula is C18H29NOSi. The van der Waals surface area contributed by atoms with Gasteiger partial charge in [-0.1, -0.05) is 33.3 Å². The van der Waals surface area contributed by atoms with Gasteiger partial charge in [-0.3, -0.25) is 0 Å². The van der Waals surface area contributed by atoms with E-state index in [1.807, 2.05) is 18.2 Å². The SMILES string of the molecule is CC1CCC2CC1([Si](C)(C)Oc1cccc(N)c1)C2(C)C. The Kier molecular flexibility index (Phi) is 3.21. The minimum atomic E-state index is -1.88. The molecule has 3 unspecified atom stereocenters. The number of nitrogen functional groups attached to an aromatic ring is 1. The average molecular weight is 304 g/mol. The topological polar surface area (TPSA) is 35.2 Å². The van der Waals surface area contributed by atoms with Gasteiger partial charge in [0.25, 0.3) is 8.32 Å². The largest absolute Gasteiger partial charge is 0.543 e. The molecule has 3 heteroatoms. The molecule has 3 aliphatic carbocycles. The molecular weight excluding hydrogens is 274 g/mol. The van der Waals surface area contributed by atoms with Gasteiger partial charge in [0.15, 0.2) is 0 Å². The number of benzene rings is 1. The smallest absolute Gasteiger partial charge is 0.252 e. The van der Waals surface area contributed by atoms with E-state index in [-0.39, 0.29) is 0 Å². The molecule has 2 bridgehead atoms. The summed E-state index contributed by atoms with van der Waals surface area (Å²) >= 11 is 0. The summed E-state index contributed by atoms with van der Waals surface area (Å²) in [5.41, 5.74) is 7.12. The zero-order valence-electron chi connectivity index (χ0n) is 14.1. The van der Waals surface area contributed by atoms with Crippen molar-refractivity contribution in [2.45, 2.75) is 58.2 Å². The van der Waals surface area contributed by atoms with Crippen molar-refractivity contribution >= 4 is 14.0 Å². The minimum absolute atomic E-state index is 0.396. The number of nitrogens with two attached hydrogens (primary N) is 1. The lowest BCUT2D eigenvalue weighted by atomic mass is 9.45. The minimum Gasteiger partial charge on any atom is -0.543 e. The summed E-state index contributed by atoms with van der Waals surface area (Å²) in [7, 11) is -1.88. The van der Waals surface area contributed by atoms with E-state index in [1.54, 1.807) is 0 Å². The molecule has 2 nitrogen and oxygen atoms in total. The van der Waals surface area contributed by atoms with Gasteiger partial charge >= 0.3 is 0 Å². The summed E-state index contributed by atoms with van der Waals surface area (Å²) in [6.07, 6.45) is 4.13. The second-order valence-electron chi connectivity index (χ2n) is 8.26. The molecule has 0 radical (unpaired) electrons. The van der Waals surface area contributed by atoms with E-state index in [2.05, 4.69) is 39.9 Å². The summed E-state index contributed by atoms with van der Waals surface area (Å²) in [6.45, 7) is 12.2. The number of hydrogen-bond donors (Lipinski definition) is 1. The monoisotopic (exact) mass is 303 g/mol. The van der Waals surface area contributed by atoms with Gasteiger partial charge in [0.1, 0.15) is 5.75 Å². The van der Waals surface area contributed by atoms with Gasteiger partial charge in [-0.2, -0.15) is 0 Å². The van der Waals surface area contributed by atoms with Gasteiger partial charge in [0.2, 0.25) is 0 Å². The molecule has 4 rings (SSSR count). The molecule has 21 heavy (non-hydrogen) atoms. The Morgan fingerprint density at radius 1 is 1.24 bits per heavy atom. The van der Waals surface area contributed by atoms with Crippen LogP contribution in [0, 0.1) is 17.3 Å². The summed E-state index contributed by atoms with van der Waals surface area (Å²) in [5, 5.41) is 0.396. The maximum atomic E-state index is 6.63. The number of hydrogen-bond acceptors (Lipinski definition) is 2. The van der Waals surface area contributed by atoms with Crippen molar-refractivity contribution in [2.24, 2.45) is 17.3 Å². The lowest BCUT2D eigenvalue weighted by Gasteiger charge is -2.72. The maximum Gasteiger partial charge on any atom is 0.252 e. The van der Waals surface area contributed by atoms with Gasteiger partial charge in [-0.25, -0.2) is 0 Å². The Hall–Kier alpha value is -0.963. The molecule has 0 aliphatic heterocycles. The fourth-order valence-electron chi connectivity index (χ4n) is 5.72. The second kappa shape index (κ2) is 4.51. The molecule has 3 aliphatic rings. The third-order valence-corrected chi connectivity index (χ3v) is 11.1. The lowest BCUT2D eigenvalue weighted by molar-refractivity contribution is -0.0952. The van der Waals surface area contributed by atoms with Crippen molar-refractivity contribution in [1.82, 2.24) is 0 Å². The predicted molar refractivity (Wildman–Crippen MR) is 91.9 cm³/mol. The van der Waals surface area contributed by atoms with E-state index < -0.39 is 8.32 Å². The molecule has 0 saturated heterocycles. The van der Waals surface area contributed by atoms with E-state index in [0.29, 0.717) is 10.5 Å². The first-order valence-electron chi connectivity index (χ1n) is 8.25. The maximum absolute atomic E-state index is 6.63. The first kappa shape index (κ1) is 15.0. The van der Waals surface area contributed by atoms with Crippen LogP contribution in [0.15, 0.2) is 24.3 Å². The van der Waals surface area contributed by atoms with Crippen LogP contribution in [0.1, 0.15) is 40.0 Å². The highest BCUT2D eigenvalue weighted by atomic mass is 28.4. The normalized spacial score (nSPS) is 34.1. The number of anilines is 1. The first-order valence-corrected chi connectivity index (χ1v) is 11.2. The van der Waals surface area contributed by atoms with Crippen molar-refractivity contribution in [2.75, 3.05) is 5.73 Å². The Labute approximate surface area is 130 Å². The van der Waals surface area contributed by atoms with Crippen LogP contribution in [0.5, 0.6) is 5.75 Å². The zero-order valence-corrected chi connectivity index (χ0v) is 15.1. The molecule has 2 N–H and O–H groups in total. The third-order valence-electron chi connectivity index (χ3n) is 6.83. The van der Waals surface area contributed by atoms with Crippen LogP contribution in [0.2, 0.25) is 18.1 Å². The highest BCUT2D eigenvalue weighted by Crippen LogP contribution is 2.78. The number of rotatable bonds is 3. The van der Waals surface area contributed by atoms with Crippen LogP contribution in [-0.2, 0) is 0 Å². The fraction of sp³-hybridized carbons (Fsp3) is 0.667. The lowest BCUT2D eigenvalue weighted by Crippen LogP contribution is -2.69. The van der Waals surface area contributed by atoms with E-state index >= 15 is 0 Å². The Bertz CT molecular complexity index is 554. The molecule has 0 aromatic heterocycles. The summed E-state index contributed by atoms with van der Waals surface area (Å²) < 4.78 is 6.63. The zero-order chi connectivity index (χ0) is 15.5. The van der Waals surface area contributed by atoms with E-state index in [4.69, 9.17) is 10.2 Å². The van der Waals surface area contributed by atoms with Crippen LogP contribution < -0.4 is 10.2 Å². The summed E-state index contributed by atoms with van der Waals surface area (Å²) in [6, 6.07) is 7.94. The van der Waals surface area contributed by atoms with Gasteiger partial charge in [0, 0.05) is 16.8 Å².